The van der Waals surface area contributed by atoms with Gasteiger partial charge in [-0.2, -0.15) is 0 Å². The molecule has 0 saturated carbocycles. The second kappa shape index (κ2) is 9.66. The van der Waals surface area contributed by atoms with Crippen LogP contribution in [0.2, 0.25) is 9.26 Å². The van der Waals surface area contributed by atoms with Crippen LogP contribution in [0.25, 0.3) is 11.1 Å². The van der Waals surface area contributed by atoms with E-state index in [-0.39, 0.29) is 36.4 Å². The van der Waals surface area contributed by atoms with Crippen LogP contribution in [0.4, 0.5) is 8.78 Å². The van der Waals surface area contributed by atoms with Crippen LogP contribution >= 0.6 is 24.8 Å². The third-order valence-electron chi connectivity index (χ3n) is 6.98. The summed E-state index contributed by atoms with van der Waals surface area (Å²) in [6.07, 6.45) is 6.63. The van der Waals surface area contributed by atoms with E-state index in [1.807, 2.05) is 24.3 Å². The van der Waals surface area contributed by atoms with Crippen LogP contribution in [0.5, 0.6) is 0 Å². The van der Waals surface area contributed by atoms with Gasteiger partial charge in [0.05, 0.1) is 0 Å². The number of hydrogen-bond donors (Lipinski definition) is 0. The van der Waals surface area contributed by atoms with Gasteiger partial charge in [-0.05, 0) is 0 Å². The van der Waals surface area contributed by atoms with Gasteiger partial charge in [0.1, 0.15) is 0 Å². The van der Waals surface area contributed by atoms with Gasteiger partial charge in [0.2, 0.25) is 0 Å². The molecule has 0 nitrogen and oxygen atoms in total. The van der Waals surface area contributed by atoms with E-state index in [0.29, 0.717) is 0 Å². The Bertz CT molecular complexity index is 1140. The zero-order chi connectivity index (χ0) is 21.7. The Balaban J connectivity index is 0.00000181. The van der Waals surface area contributed by atoms with Crippen LogP contribution in [0.3, 0.4) is 0 Å². The van der Waals surface area contributed by atoms with E-state index in [0.717, 1.165) is 24.0 Å². The minimum atomic E-state index is -3.37. The van der Waals surface area contributed by atoms with Gasteiger partial charge >= 0.3 is 181 Å². The van der Waals surface area contributed by atoms with Crippen LogP contribution in [-0.2, 0) is 17.4 Å². The van der Waals surface area contributed by atoms with E-state index >= 15 is 0 Å². The summed E-state index contributed by atoms with van der Waals surface area (Å²) in [4.78, 5) is 0. The zero-order valence-electron chi connectivity index (χ0n) is 19.0. The summed E-state index contributed by atoms with van der Waals surface area (Å²) in [6, 6.07) is 13.7. The molecular weight excluding hydrogens is 540 g/mol. The topological polar surface area (TPSA) is 0 Å². The van der Waals surface area contributed by atoms with Crippen LogP contribution in [0, 0.1) is 11.6 Å². The van der Waals surface area contributed by atoms with Crippen molar-refractivity contribution in [3.05, 3.63) is 101 Å². The summed E-state index contributed by atoms with van der Waals surface area (Å²) >= 11 is -3.37. The molecule has 0 heterocycles. The number of rotatable bonds is 4. The van der Waals surface area contributed by atoms with Crippen molar-refractivity contribution in [2.45, 2.75) is 36.0 Å². The first-order valence-corrected chi connectivity index (χ1v) is 23.8. The second-order valence-corrected chi connectivity index (χ2v) is 38.3. The average molecular weight is 571 g/mol. The first-order chi connectivity index (χ1) is 14.1. The van der Waals surface area contributed by atoms with Crippen molar-refractivity contribution < 1.29 is 26.2 Å². The molecule has 2 aliphatic carbocycles. The molecule has 0 fully saturated rings. The van der Waals surface area contributed by atoms with Gasteiger partial charge in [-0.1, -0.05) is 0 Å². The summed E-state index contributed by atoms with van der Waals surface area (Å²) in [7, 11) is 0. The molecule has 0 spiro atoms. The van der Waals surface area contributed by atoms with Crippen molar-refractivity contribution in [1.29, 1.82) is 0 Å². The van der Waals surface area contributed by atoms with Crippen molar-refractivity contribution in [1.82, 2.24) is 0 Å². The summed E-state index contributed by atoms with van der Waals surface area (Å²) in [5.41, 5.74) is 7.46. The molecule has 0 N–H and O–H groups in total. The molecule has 32 heavy (non-hydrogen) atoms. The molecule has 0 radical (unpaired) electrons. The fourth-order valence-electron chi connectivity index (χ4n) is 5.31. The smallest absolute Gasteiger partial charge is 0.147 e. The predicted molar refractivity (Wildman–Crippen MR) is 138 cm³/mol. The monoisotopic (exact) mass is 568 g/mol. The molecule has 0 amide bonds. The maximum atomic E-state index is 13.4. The molecule has 2 aromatic rings. The van der Waals surface area contributed by atoms with E-state index in [9.17, 15) is 8.78 Å². The van der Waals surface area contributed by atoms with Crippen molar-refractivity contribution in [3.8, 4) is 0 Å². The predicted octanol–water partition coefficient (Wildman–Crippen LogP) is 7.96. The molecule has 6 heteroatoms. The maximum absolute atomic E-state index is 13.4. The summed E-state index contributed by atoms with van der Waals surface area (Å²) in [5, 5.41) is 0. The second-order valence-electron chi connectivity index (χ2n) is 9.55. The van der Waals surface area contributed by atoms with Gasteiger partial charge in [-0.15, -0.1) is 24.8 Å². The van der Waals surface area contributed by atoms with E-state index in [1.54, 1.807) is 30.8 Å². The normalized spacial score (nSPS) is 16.5. The minimum absolute atomic E-state index is 0. The molecule has 4 rings (SSSR count). The van der Waals surface area contributed by atoms with E-state index < -0.39 is 17.4 Å². The molecule has 0 saturated heterocycles. The van der Waals surface area contributed by atoms with Crippen molar-refractivity contribution in [2.24, 2.45) is 0 Å². The van der Waals surface area contributed by atoms with Gasteiger partial charge < -0.3 is 0 Å². The molecular formula is C26H30Cl2F2SiZr. The first-order valence-electron chi connectivity index (χ1n) is 10.5. The third kappa shape index (κ3) is 4.75. The summed E-state index contributed by atoms with van der Waals surface area (Å²) in [6.45, 7) is 6.74. The minimum Gasteiger partial charge on any atom is -0.147 e. The van der Waals surface area contributed by atoms with Gasteiger partial charge in [0.25, 0.3) is 0 Å². The van der Waals surface area contributed by atoms with E-state index in [4.69, 9.17) is 0 Å². The molecule has 0 bridgehead atoms. The Morgan fingerprint density at radius 2 is 0.969 bits per heavy atom. The molecule has 2 aromatic carbocycles. The standard InChI is InChI=1S/2C12H10F.2CH3.2ClH.H2Si.Zr/c2*1-9-3-2-4-12(9)10-5-7-11(13)8-6-10;;;;;;/h2*4-8H,2H2,1H3;2*1H3;2*1H;1H2;. The number of halogens is 4. The Morgan fingerprint density at radius 1 is 0.656 bits per heavy atom. The van der Waals surface area contributed by atoms with Crippen LogP contribution in [0.15, 0.2) is 78.4 Å². The Labute approximate surface area is 204 Å². The SMILES string of the molecule is CC1=[C]([Zr]([CH3])([CH3])(=[SiH2])[C]2=C(C)C(c3ccc(F)cc3)=CC2)CC=C1c1ccc(F)cc1.Cl.Cl. The third-order valence-corrected chi connectivity index (χ3v) is 24.4. The molecule has 0 aromatic heterocycles. The summed E-state index contributed by atoms with van der Waals surface area (Å²) < 4.78 is 35.1. The van der Waals surface area contributed by atoms with Crippen molar-refractivity contribution >= 4 is 42.8 Å². The quantitative estimate of drug-likeness (QED) is 0.327. The van der Waals surface area contributed by atoms with Crippen LogP contribution in [0.1, 0.15) is 37.8 Å². The average Bonchev–Trinajstić information content (AvgIpc) is 3.27. The van der Waals surface area contributed by atoms with E-state index in [2.05, 4.69) is 42.1 Å². The molecule has 2 aliphatic rings. The van der Waals surface area contributed by atoms with Crippen LogP contribution < -0.4 is 0 Å². The molecule has 0 atom stereocenters. The Hall–Kier alpha value is -1.06. The number of hydrogen-bond acceptors (Lipinski definition) is 0. The van der Waals surface area contributed by atoms with E-state index in [1.165, 1.54) is 22.3 Å². The Kier molecular flexibility index (Phi) is 8.21. The van der Waals surface area contributed by atoms with Gasteiger partial charge in [0, 0.05) is 0 Å². The fourth-order valence-corrected chi connectivity index (χ4v) is 21.3. The van der Waals surface area contributed by atoms with Gasteiger partial charge in [-0.25, -0.2) is 0 Å². The zero-order valence-corrected chi connectivity index (χ0v) is 24.5. The number of allylic oxidation sites excluding steroid dienone is 8. The first kappa shape index (κ1) is 27.2. The van der Waals surface area contributed by atoms with Crippen LogP contribution in [-0.4, -0.2) is 6.88 Å². The molecule has 0 aliphatic heterocycles. The fraction of sp³-hybridized carbons (Fsp3) is 0.231. The number of benzene rings is 2. The Morgan fingerprint density at radius 3 is 1.28 bits per heavy atom. The molecule has 0 unspecified atom stereocenters. The van der Waals surface area contributed by atoms with Gasteiger partial charge in [-0.3, -0.25) is 0 Å². The maximum Gasteiger partial charge on any atom is -0.147 e. The summed E-state index contributed by atoms with van der Waals surface area (Å²) in [5.74, 6) is -0.392. The van der Waals surface area contributed by atoms with Crippen molar-refractivity contribution in [2.75, 3.05) is 0 Å². The van der Waals surface area contributed by atoms with Gasteiger partial charge in [0.15, 0.2) is 0 Å². The molecule has 170 valence electrons. The van der Waals surface area contributed by atoms with Crippen molar-refractivity contribution in [3.63, 3.8) is 0 Å². The largest absolute Gasteiger partial charge is 0.147 e.